The monoisotopic (exact) mass is 427 g/mol. The van der Waals surface area contributed by atoms with Gasteiger partial charge in [0.1, 0.15) is 5.82 Å². The lowest BCUT2D eigenvalue weighted by molar-refractivity contribution is -0.132. The fourth-order valence-electron chi connectivity index (χ4n) is 3.44. The molecule has 2 aromatic carbocycles. The number of amides is 2. The predicted molar refractivity (Wildman–Crippen MR) is 114 cm³/mol. The van der Waals surface area contributed by atoms with Crippen molar-refractivity contribution in [1.29, 1.82) is 0 Å². The minimum atomic E-state index is -0.461. The zero-order valence-electron chi connectivity index (χ0n) is 17.7. The van der Waals surface area contributed by atoms with Crippen molar-refractivity contribution in [2.45, 2.75) is 13.3 Å². The van der Waals surface area contributed by atoms with Crippen LogP contribution < -0.4 is 5.32 Å². The van der Waals surface area contributed by atoms with E-state index in [2.05, 4.69) is 5.32 Å². The Labute approximate surface area is 180 Å². The van der Waals surface area contributed by atoms with E-state index in [1.807, 2.05) is 11.8 Å². The van der Waals surface area contributed by atoms with Crippen LogP contribution in [0.3, 0.4) is 0 Å². The molecule has 2 aromatic rings. The number of halogens is 1. The van der Waals surface area contributed by atoms with Crippen LogP contribution in [0.4, 0.5) is 10.1 Å². The van der Waals surface area contributed by atoms with E-state index < -0.39 is 5.97 Å². The highest BCUT2D eigenvalue weighted by Crippen LogP contribution is 2.18. The Balaban J connectivity index is 1.48. The molecule has 0 radical (unpaired) electrons. The summed E-state index contributed by atoms with van der Waals surface area (Å²) in [5.74, 6) is -0.977. The Kier molecular flexibility index (Phi) is 7.36. The van der Waals surface area contributed by atoms with Gasteiger partial charge in [-0.05, 0) is 42.3 Å². The average molecular weight is 427 g/mol. The number of esters is 1. The standard InChI is InChI=1S/C23H26FN3O4/c1-16-3-6-18(23(30)31-2)14-20(16)25-21(28)15-26-9-11-27(12-10-26)22(29)13-17-4-7-19(24)8-5-17/h3-8,14H,9-13,15H2,1-2H3,(H,25,28). The number of nitrogens with zero attached hydrogens (tertiary/aromatic N) is 2. The summed E-state index contributed by atoms with van der Waals surface area (Å²) < 4.78 is 17.7. The molecule has 0 unspecified atom stereocenters. The van der Waals surface area contributed by atoms with Crippen LogP contribution in [-0.4, -0.2) is 67.4 Å². The zero-order valence-corrected chi connectivity index (χ0v) is 17.7. The second kappa shape index (κ2) is 10.2. The van der Waals surface area contributed by atoms with E-state index in [-0.39, 0.29) is 30.6 Å². The molecule has 1 fully saturated rings. The van der Waals surface area contributed by atoms with Crippen molar-refractivity contribution in [2.24, 2.45) is 0 Å². The van der Waals surface area contributed by atoms with Gasteiger partial charge in [-0.15, -0.1) is 0 Å². The normalized spacial score (nSPS) is 14.2. The summed E-state index contributed by atoms with van der Waals surface area (Å²) in [5, 5.41) is 2.85. The summed E-state index contributed by atoms with van der Waals surface area (Å²) >= 11 is 0. The van der Waals surface area contributed by atoms with Crippen molar-refractivity contribution >= 4 is 23.5 Å². The van der Waals surface area contributed by atoms with Gasteiger partial charge >= 0.3 is 5.97 Å². The first-order chi connectivity index (χ1) is 14.9. The molecule has 8 heteroatoms. The molecule has 0 saturated carbocycles. The number of nitrogens with one attached hydrogen (secondary N) is 1. The van der Waals surface area contributed by atoms with Crippen LogP contribution in [-0.2, 0) is 20.7 Å². The number of rotatable bonds is 6. The van der Waals surface area contributed by atoms with E-state index in [0.29, 0.717) is 37.4 Å². The van der Waals surface area contributed by atoms with Crippen LogP contribution in [0.25, 0.3) is 0 Å². The zero-order chi connectivity index (χ0) is 22.4. The highest BCUT2D eigenvalue weighted by atomic mass is 19.1. The molecule has 0 spiro atoms. The number of anilines is 1. The second-order valence-corrected chi connectivity index (χ2v) is 7.53. The van der Waals surface area contributed by atoms with Crippen LogP contribution in [0.1, 0.15) is 21.5 Å². The van der Waals surface area contributed by atoms with Crippen molar-refractivity contribution in [1.82, 2.24) is 9.80 Å². The maximum atomic E-state index is 13.0. The third kappa shape index (κ3) is 6.11. The van der Waals surface area contributed by atoms with E-state index >= 15 is 0 Å². The van der Waals surface area contributed by atoms with Gasteiger partial charge in [-0.25, -0.2) is 9.18 Å². The van der Waals surface area contributed by atoms with Crippen LogP contribution >= 0.6 is 0 Å². The molecule has 2 amide bonds. The van der Waals surface area contributed by atoms with Gasteiger partial charge in [-0.1, -0.05) is 18.2 Å². The topological polar surface area (TPSA) is 79.0 Å². The summed E-state index contributed by atoms with van der Waals surface area (Å²) in [6.45, 7) is 4.28. The number of carbonyl (C=O) groups excluding carboxylic acids is 3. The van der Waals surface area contributed by atoms with Crippen LogP contribution in [0.2, 0.25) is 0 Å². The summed E-state index contributed by atoms with van der Waals surface area (Å²) in [6, 6.07) is 10.9. The number of carbonyl (C=O) groups is 3. The largest absolute Gasteiger partial charge is 0.465 e. The first-order valence-electron chi connectivity index (χ1n) is 10.1. The number of ether oxygens (including phenoxy) is 1. The molecule has 0 bridgehead atoms. The number of hydrogen-bond donors (Lipinski definition) is 1. The Hall–Kier alpha value is -3.26. The Morgan fingerprint density at radius 2 is 1.71 bits per heavy atom. The minimum Gasteiger partial charge on any atom is -0.465 e. The fourth-order valence-corrected chi connectivity index (χ4v) is 3.44. The highest BCUT2D eigenvalue weighted by Gasteiger charge is 2.23. The molecule has 1 heterocycles. The summed E-state index contributed by atoms with van der Waals surface area (Å²) in [5.41, 5.74) is 2.56. The van der Waals surface area contributed by atoms with E-state index in [4.69, 9.17) is 4.74 Å². The van der Waals surface area contributed by atoms with Gasteiger partial charge in [0.2, 0.25) is 11.8 Å². The van der Waals surface area contributed by atoms with Crippen LogP contribution in [0.5, 0.6) is 0 Å². The van der Waals surface area contributed by atoms with E-state index in [1.165, 1.54) is 19.2 Å². The first kappa shape index (κ1) is 22.4. The van der Waals surface area contributed by atoms with E-state index in [1.54, 1.807) is 35.2 Å². The molecular formula is C23H26FN3O4. The molecule has 31 heavy (non-hydrogen) atoms. The van der Waals surface area contributed by atoms with Crippen molar-refractivity contribution in [3.8, 4) is 0 Å². The third-order valence-corrected chi connectivity index (χ3v) is 5.29. The van der Waals surface area contributed by atoms with Crippen molar-refractivity contribution in [3.63, 3.8) is 0 Å². The van der Waals surface area contributed by atoms with Crippen molar-refractivity contribution in [2.75, 3.05) is 45.2 Å². The molecule has 164 valence electrons. The van der Waals surface area contributed by atoms with Gasteiger partial charge in [-0.3, -0.25) is 14.5 Å². The van der Waals surface area contributed by atoms with Crippen LogP contribution in [0.15, 0.2) is 42.5 Å². The van der Waals surface area contributed by atoms with Gasteiger partial charge in [0.15, 0.2) is 0 Å². The van der Waals surface area contributed by atoms with Gasteiger partial charge in [0.05, 0.1) is 25.6 Å². The lowest BCUT2D eigenvalue weighted by Crippen LogP contribution is -2.50. The smallest absolute Gasteiger partial charge is 0.337 e. The molecule has 3 rings (SSSR count). The van der Waals surface area contributed by atoms with E-state index in [0.717, 1.165) is 11.1 Å². The maximum absolute atomic E-state index is 13.0. The predicted octanol–water partition coefficient (Wildman–Crippen LogP) is 2.25. The Morgan fingerprint density at radius 3 is 2.35 bits per heavy atom. The maximum Gasteiger partial charge on any atom is 0.337 e. The molecule has 0 aliphatic carbocycles. The van der Waals surface area contributed by atoms with E-state index in [9.17, 15) is 18.8 Å². The first-order valence-corrected chi connectivity index (χ1v) is 10.1. The molecule has 1 aliphatic heterocycles. The van der Waals surface area contributed by atoms with Crippen LogP contribution in [0, 0.1) is 12.7 Å². The minimum absolute atomic E-state index is 0.00837. The van der Waals surface area contributed by atoms with Crippen molar-refractivity contribution < 1.29 is 23.5 Å². The number of piperazine rings is 1. The SMILES string of the molecule is COC(=O)c1ccc(C)c(NC(=O)CN2CCN(C(=O)Cc3ccc(F)cc3)CC2)c1. The van der Waals surface area contributed by atoms with Gasteiger partial charge < -0.3 is 15.0 Å². The second-order valence-electron chi connectivity index (χ2n) is 7.53. The summed E-state index contributed by atoms with van der Waals surface area (Å²) in [7, 11) is 1.31. The number of benzene rings is 2. The summed E-state index contributed by atoms with van der Waals surface area (Å²) in [4.78, 5) is 40.4. The Bertz CT molecular complexity index is 954. The quantitative estimate of drug-likeness (QED) is 0.716. The fraction of sp³-hybridized carbons (Fsp3) is 0.348. The number of methoxy groups -OCH3 is 1. The van der Waals surface area contributed by atoms with Gasteiger partial charge in [-0.2, -0.15) is 0 Å². The average Bonchev–Trinajstić information content (AvgIpc) is 2.76. The molecule has 1 saturated heterocycles. The third-order valence-electron chi connectivity index (χ3n) is 5.29. The molecular weight excluding hydrogens is 401 g/mol. The summed E-state index contributed by atoms with van der Waals surface area (Å²) in [6.07, 6.45) is 0.233. The molecule has 1 N–H and O–H groups in total. The molecule has 0 aromatic heterocycles. The van der Waals surface area contributed by atoms with Gasteiger partial charge in [0, 0.05) is 31.9 Å². The molecule has 1 aliphatic rings. The molecule has 7 nitrogen and oxygen atoms in total. The molecule has 0 atom stereocenters. The van der Waals surface area contributed by atoms with Gasteiger partial charge in [0.25, 0.3) is 0 Å². The lowest BCUT2D eigenvalue weighted by atomic mass is 10.1. The highest BCUT2D eigenvalue weighted by molar-refractivity contribution is 5.96. The van der Waals surface area contributed by atoms with Crippen molar-refractivity contribution in [3.05, 3.63) is 65.0 Å². The Morgan fingerprint density at radius 1 is 1.03 bits per heavy atom. The number of aryl methyl sites for hydroxylation is 1. The lowest BCUT2D eigenvalue weighted by Gasteiger charge is -2.34. The number of hydrogen-bond acceptors (Lipinski definition) is 5.